The van der Waals surface area contributed by atoms with Crippen molar-refractivity contribution in [1.82, 2.24) is 9.71 Å². The van der Waals surface area contributed by atoms with Crippen LogP contribution in [0.15, 0.2) is 45.9 Å². The molecule has 1 spiro atoms. The number of sulfonamides is 1. The molecular formula is C29H37N5O6S. The van der Waals surface area contributed by atoms with Crippen LogP contribution in [0.3, 0.4) is 0 Å². The molecule has 3 N–H and O–H groups in total. The van der Waals surface area contributed by atoms with E-state index >= 15 is 0 Å². The highest BCUT2D eigenvalue weighted by molar-refractivity contribution is 7.89. The first kappa shape index (κ1) is 28.0. The van der Waals surface area contributed by atoms with Crippen molar-refractivity contribution in [3.8, 4) is 0 Å². The van der Waals surface area contributed by atoms with E-state index in [-0.39, 0.29) is 23.3 Å². The number of nitrogens with zero attached hydrogens (tertiary/aromatic N) is 3. The molecule has 2 saturated heterocycles. The molecule has 220 valence electrons. The normalized spacial score (nSPS) is 21.3. The van der Waals surface area contributed by atoms with Crippen molar-refractivity contribution < 1.29 is 27.5 Å². The standard InChI is InChI=1S/C29H37N5O6S/c1-19(18-35)32-41(37,38)22-3-4-23(25(16-22)33-10-8-29(6-7-29)9-11-33)31-28(36)24-15-21-5-13-40-26(21)27(30-24)34-12-14-39-20(2)17-34/h3-5,13,15-16,19-20,32,35H,6-12,14,17-18H2,1-2H3,(H,31,36)/t19-,20-/m1/s1. The lowest BCUT2D eigenvalue weighted by atomic mass is 9.93. The number of piperidine rings is 1. The van der Waals surface area contributed by atoms with Crippen molar-refractivity contribution in [2.75, 3.05) is 54.5 Å². The number of aliphatic hydroxyl groups excluding tert-OH is 1. The molecule has 0 unspecified atom stereocenters. The van der Waals surface area contributed by atoms with E-state index in [1.807, 2.05) is 13.0 Å². The smallest absolute Gasteiger partial charge is 0.274 e. The lowest BCUT2D eigenvalue weighted by Crippen LogP contribution is -2.41. The molecule has 3 aliphatic rings. The summed E-state index contributed by atoms with van der Waals surface area (Å²) in [6.45, 7) is 6.68. The van der Waals surface area contributed by atoms with Gasteiger partial charge in [-0.15, -0.1) is 0 Å². The van der Waals surface area contributed by atoms with Crippen LogP contribution in [0.1, 0.15) is 50.0 Å². The van der Waals surface area contributed by atoms with Crippen LogP contribution in [-0.4, -0.2) is 76.0 Å². The first-order valence-corrected chi connectivity index (χ1v) is 15.7. The van der Waals surface area contributed by atoms with E-state index in [0.29, 0.717) is 47.9 Å². The number of hydrogen-bond acceptors (Lipinski definition) is 9. The number of morpholine rings is 1. The summed E-state index contributed by atoms with van der Waals surface area (Å²) in [4.78, 5) is 22.7. The van der Waals surface area contributed by atoms with E-state index in [1.165, 1.54) is 18.9 Å². The lowest BCUT2D eigenvalue weighted by molar-refractivity contribution is 0.0530. The molecule has 11 nitrogen and oxygen atoms in total. The number of fused-ring (bicyclic) bond motifs is 1. The zero-order valence-electron chi connectivity index (χ0n) is 23.4. The van der Waals surface area contributed by atoms with Crippen LogP contribution in [0.25, 0.3) is 11.0 Å². The minimum Gasteiger partial charge on any atom is -0.460 e. The Morgan fingerprint density at radius 3 is 2.63 bits per heavy atom. The van der Waals surface area contributed by atoms with E-state index in [2.05, 4.69) is 19.8 Å². The quantitative estimate of drug-likeness (QED) is 0.365. The maximum Gasteiger partial charge on any atom is 0.274 e. The second-order valence-electron chi connectivity index (χ2n) is 11.6. The summed E-state index contributed by atoms with van der Waals surface area (Å²) < 4.78 is 40.0. The molecule has 2 aliphatic heterocycles. The number of aromatic nitrogens is 1. The summed E-state index contributed by atoms with van der Waals surface area (Å²) in [5.41, 5.74) is 2.47. The third-order valence-electron chi connectivity index (χ3n) is 8.47. The van der Waals surface area contributed by atoms with Gasteiger partial charge in [0.05, 0.1) is 41.9 Å². The van der Waals surface area contributed by atoms with Gasteiger partial charge >= 0.3 is 0 Å². The third kappa shape index (κ3) is 5.78. The number of nitrogens with one attached hydrogen (secondary N) is 2. The zero-order valence-corrected chi connectivity index (χ0v) is 24.2. The number of carbonyl (C=O) groups is 1. The Kier molecular flexibility index (Phi) is 7.43. The minimum atomic E-state index is -3.87. The number of carbonyl (C=O) groups excluding carboxylic acids is 1. The molecule has 0 radical (unpaired) electrons. The molecule has 12 heteroatoms. The second kappa shape index (κ2) is 10.9. The molecule has 1 saturated carbocycles. The highest BCUT2D eigenvalue weighted by atomic mass is 32.2. The first-order chi connectivity index (χ1) is 19.7. The topological polar surface area (TPSA) is 137 Å². The summed E-state index contributed by atoms with van der Waals surface area (Å²) in [6, 6.07) is 7.62. The zero-order chi connectivity index (χ0) is 28.8. The van der Waals surface area contributed by atoms with Gasteiger partial charge < -0.3 is 29.4 Å². The Labute approximate surface area is 239 Å². The SMILES string of the molecule is C[C@H](CO)NS(=O)(=O)c1ccc(NC(=O)c2cc3ccoc3c(N3CCO[C@H](C)C3)n2)c(N2CCC3(CC2)CC3)c1. The Morgan fingerprint density at radius 1 is 1.15 bits per heavy atom. The summed E-state index contributed by atoms with van der Waals surface area (Å²) in [7, 11) is -3.87. The van der Waals surface area contributed by atoms with Crippen molar-refractivity contribution in [3.63, 3.8) is 0 Å². The first-order valence-electron chi connectivity index (χ1n) is 14.2. The number of rotatable bonds is 8. The average Bonchev–Trinajstić information content (AvgIpc) is 3.53. The number of amides is 1. The van der Waals surface area contributed by atoms with Crippen LogP contribution in [0.4, 0.5) is 17.2 Å². The monoisotopic (exact) mass is 583 g/mol. The number of benzene rings is 1. The molecule has 1 amide bonds. The molecule has 0 bridgehead atoms. The van der Waals surface area contributed by atoms with Gasteiger partial charge in [0.15, 0.2) is 11.4 Å². The van der Waals surface area contributed by atoms with Gasteiger partial charge in [0.1, 0.15) is 5.69 Å². The molecular weight excluding hydrogens is 546 g/mol. The number of furan rings is 1. The van der Waals surface area contributed by atoms with E-state index < -0.39 is 22.0 Å². The summed E-state index contributed by atoms with van der Waals surface area (Å²) in [5.74, 6) is 0.208. The summed E-state index contributed by atoms with van der Waals surface area (Å²) in [5, 5.41) is 13.2. The molecule has 3 fully saturated rings. The van der Waals surface area contributed by atoms with Gasteiger partial charge in [0, 0.05) is 37.6 Å². The predicted octanol–water partition coefficient (Wildman–Crippen LogP) is 3.34. The molecule has 41 heavy (non-hydrogen) atoms. The molecule has 4 heterocycles. The third-order valence-corrected chi connectivity index (χ3v) is 10.1. The van der Waals surface area contributed by atoms with Crippen LogP contribution in [0, 0.1) is 5.41 Å². The van der Waals surface area contributed by atoms with Gasteiger partial charge in [-0.2, -0.15) is 0 Å². The number of ether oxygens (including phenoxy) is 1. The fourth-order valence-electron chi connectivity index (χ4n) is 5.80. The van der Waals surface area contributed by atoms with Crippen molar-refractivity contribution in [3.05, 3.63) is 42.3 Å². The van der Waals surface area contributed by atoms with Crippen molar-refractivity contribution in [1.29, 1.82) is 0 Å². The summed E-state index contributed by atoms with van der Waals surface area (Å²) in [6.07, 6.45) is 6.18. The maximum atomic E-state index is 13.7. The highest BCUT2D eigenvalue weighted by Gasteiger charge is 2.44. The molecule has 1 aliphatic carbocycles. The average molecular weight is 584 g/mol. The Bertz CT molecular complexity index is 1540. The predicted molar refractivity (Wildman–Crippen MR) is 156 cm³/mol. The summed E-state index contributed by atoms with van der Waals surface area (Å²) >= 11 is 0. The fourth-order valence-corrected chi connectivity index (χ4v) is 7.06. The molecule has 2 aromatic heterocycles. The number of hydrogen-bond donors (Lipinski definition) is 3. The second-order valence-corrected chi connectivity index (χ2v) is 13.3. The Hall–Kier alpha value is -3.19. The van der Waals surface area contributed by atoms with E-state index in [0.717, 1.165) is 31.3 Å². The van der Waals surface area contributed by atoms with Gasteiger partial charge in [-0.3, -0.25) is 4.79 Å². The van der Waals surface area contributed by atoms with Gasteiger partial charge in [-0.05, 0) is 75.3 Å². The number of aliphatic hydroxyl groups is 1. The fraction of sp³-hybridized carbons (Fsp3) is 0.517. The number of pyridine rings is 1. The Morgan fingerprint density at radius 2 is 1.93 bits per heavy atom. The van der Waals surface area contributed by atoms with Crippen LogP contribution < -0.4 is 19.8 Å². The van der Waals surface area contributed by atoms with Crippen LogP contribution >= 0.6 is 0 Å². The molecule has 6 rings (SSSR count). The Balaban J connectivity index is 1.32. The van der Waals surface area contributed by atoms with Crippen molar-refractivity contribution in [2.24, 2.45) is 5.41 Å². The van der Waals surface area contributed by atoms with Crippen LogP contribution in [0.5, 0.6) is 0 Å². The van der Waals surface area contributed by atoms with Crippen molar-refractivity contribution >= 4 is 44.1 Å². The van der Waals surface area contributed by atoms with E-state index in [9.17, 15) is 18.3 Å². The highest BCUT2D eigenvalue weighted by Crippen LogP contribution is 2.54. The van der Waals surface area contributed by atoms with Crippen molar-refractivity contribution in [2.45, 2.75) is 56.6 Å². The van der Waals surface area contributed by atoms with Crippen LogP contribution in [-0.2, 0) is 14.8 Å². The van der Waals surface area contributed by atoms with E-state index in [4.69, 9.17) is 14.1 Å². The van der Waals surface area contributed by atoms with E-state index in [1.54, 1.807) is 31.4 Å². The van der Waals surface area contributed by atoms with Gasteiger partial charge in [0.25, 0.3) is 5.91 Å². The molecule has 2 atom stereocenters. The molecule has 3 aromatic rings. The lowest BCUT2D eigenvalue weighted by Gasteiger charge is -2.35. The largest absolute Gasteiger partial charge is 0.460 e. The van der Waals surface area contributed by atoms with Crippen LogP contribution in [0.2, 0.25) is 0 Å². The minimum absolute atomic E-state index is 0.0274. The van der Waals surface area contributed by atoms with Gasteiger partial charge in [-0.1, -0.05) is 0 Å². The maximum absolute atomic E-state index is 13.7. The van der Waals surface area contributed by atoms with Gasteiger partial charge in [0.2, 0.25) is 10.0 Å². The van der Waals surface area contributed by atoms with Gasteiger partial charge in [-0.25, -0.2) is 18.1 Å². The number of anilines is 3. The molecule has 1 aromatic carbocycles.